The van der Waals surface area contributed by atoms with Crippen LogP contribution in [0.2, 0.25) is 0 Å². The molecular formula is C25H25N3O3S. The van der Waals surface area contributed by atoms with Gasteiger partial charge in [-0.1, -0.05) is 67.2 Å². The Kier molecular flexibility index (Phi) is 6.97. The van der Waals surface area contributed by atoms with Gasteiger partial charge in [-0.15, -0.1) is 5.10 Å². The molecule has 0 amide bonds. The van der Waals surface area contributed by atoms with Crippen LogP contribution in [0.15, 0.2) is 53.3 Å². The van der Waals surface area contributed by atoms with E-state index < -0.39 is 0 Å². The molecular weight excluding hydrogens is 422 g/mol. The van der Waals surface area contributed by atoms with Crippen molar-refractivity contribution in [2.45, 2.75) is 26.7 Å². The van der Waals surface area contributed by atoms with E-state index in [1.807, 2.05) is 73.7 Å². The van der Waals surface area contributed by atoms with E-state index in [-0.39, 0.29) is 5.56 Å². The van der Waals surface area contributed by atoms with Crippen molar-refractivity contribution in [2.24, 2.45) is 0 Å². The molecule has 0 fully saturated rings. The summed E-state index contributed by atoms with van der Waals surface area (Å²) in [6.45, 7) is 5.25. The van der Waals surface area contributed by atoms with Crippen LogP contribution in [-0.4, -0.2) is 27.8 Å². The van der Waals surface area contributed by atoms with Gasteiger partial charge in [0.25, 0.3) is 5.56 Å². The van der Waals surface area contributed by atoms with E-state index in [9.17, 15) is 4.79 Å². The van der Waals surface area contributed by atoms with Crippen molar-refractivity contribution in [1.29, 1.82) is 0 Å². The SMILES string of the molecule is CCCCOc1ccc(C=c2sc3nc(C=Cc4ccccc4)nn3c2=O)cc1OCC. The predicted octanol–water partition coefficient (Wildman–Crippen LogP) is 4.45. The number of rotatable bonds is 9. The number of aromatic nitrogens is 3. The number of unbranched alkanes of at least 4 members (excludes halogenated alkanes) is 1. The number of thiazole rings is 1. The average molecular weight is 448 g/mol. The molecule has 0 saturated carbocycles. The van der Waals surface area contributed by atoms with Gasteiger partial charge in [-0.2, -0.15) is 9.50 Å². The predicted molar refractivity (Wildman–Crippen MR) is 129 cm³/mol. The molecule has 0 N–H and O–H groups in total. The molecule has 0 spiro atoms. The third kappa shape index (κ3) is 5.06. The van der Waals surface area contributed by atoms with Crippen molar-refractivity contribution in [2.75, 3.05) is 13.2 Å². The average Bonchev–Trinajstić information content (AvgIpc) is 3.33. The highest BCUT2D eigenvalue weighted by molar-refractivity contribution is 7.15. The molecule has 0 aliphatic heterocycles. The summed E-state index contributed by atoms with van der Waals surface area (Å²) in [6.07, 6.45) is 7.63. The summed E-state index contributed by atoms with van der Waals surface area (Å²) in [5.41, 5.74) is 1.73. The highest BCUT2D eigenvalue weighted by Gasteiger charge is 2.10. The van der Waals surface area contributed by atoms with Crippen LogP contribution in [0.1, 0.15) is 43.6 Å². The first-order valence-electron chi connectivity index (χ1n) is 10.7. The second kappa shape index (κ2) is 10.2. The molecule has 164 valence electrons. The number of benzene rings is 2. The van der Waals surface area contributed by atoms with Crippen molar-refractivity contribution in [3.8, 4) is 11.5 Å². The van der Waals surface area contributed by atoms with Gasteiger partial charge in [0.1, 0.15) is 0 Å². The van der Waals surface area contributed by atoms with E-state index >= 15 is 0 Å². The van der Waals surface area contributed by atoms with Crippen molar-refractivity contribution in [3.63, 3.8) is 0 Å². The number of fused-ring (bicyclic) bond motifs is 1. The Balaban J connectivity index is 1.60. The molecule has 2 aromatic heterocycles. The van der Waals surface area contributed by atoms with Crippen LogP contribution >= 0.6 is 11.3 Å². The molecule has 32 heavy (non-hydrogen) atoms. The van der Waals surface area contributed by atoms with Crippen LogP contribution in [0.3, 0.4) is 0 Å². The van der Waals surface area contributed by atoms with E-state index in [0.29, 0.717) is 34.3 Å². The molecule has 0 bridgehead atoms. The van der Waals surface area contributed by atoms with Crippen LogP contribution in [0.4, 0.5) is 0 Å². The summed E-state index contributed by atoms with van der Waals surface area (Å²) < 4.78 is 13.5. The third-order valence-electron chi connectivity index (χ3n) is 4.74. The Bertz CT molecular complexity index is 1330. The quantitative estimate of drug-likeness (QED) is 0.355. The van der Waals surface area contributed by atoms with E-state index in [4.69, 9.17) is 9.47 Å². The largest absolute Gasteiger partial charge is 0.490 e. The van der Waals surface area contributed by atoms with Crippen molar-refractivity contribution >= 4 is 34.5 Å². The minimum absolute atomic E-state index is 0.182. The van der Waals surface area contributed by atoms with Gasteiger partial charge in [0.2, 0.25) is 4.96 Å². The first-order valence-corrected chi connectivity index (χ1v) is 11.5. The first kappa shape index (κ1) is 21.8. The lowest BCUT2D eigenvalue weighted by atomic mass is 10.2. The Morgan fingerprint density at radius 2 is 1.84 bits per heavy atom. The second-order valence-corrected chi connectivity index (χ2v) is 8.17. The smallest absolute Gasteiger partial charge is 0.291 e. The Labute approximate surface area is 190 Å². The van der Waals surface area contributed by atoms with Crippen LogP contribution in [0, 0.1) is 0 Å². The topological polar surface area (TPSA) is 65.7 Å². The fourth-order valence-electron chi connectivity index (χ4n) is 3.13. The summed E-state index contributed by atoms with van der Waals surface area (Å²) in [6, 6.07) is 15.6. The maximum Gasteiger partial charge on any atom is 0.291 e. The maximum absolute atomic E-state index is 12.8. The van der Waals surface area contributed by atoms with Gasteiger partial charge in [0.15, 0.2) is 17.3 Å². The van der Waals surface area contributed by atoms with Gasteiger partial charge in [0, 0.05) is 0 Å². The van der Waals surface area contributed by atoms with Crippen molar-refractivity contribution in [3.05, 3.63) is 80.4 Å². The monoisotopic (exact) mass is 447 g/mol. The summed E-state index contributed by atoms with van der Waals surface area (Å²) in [4.78, 5) is 17.9. The lowest BCUT2D eigenvalue weighted by Gasteiger charge is -2.12. The van der Waals surface area contributed by atoms with Crippen molar-refractivity contribution < 1.29 is 9.47 Å². The fourth-order valence-corrected chi connectivity index (χ4v) is 4.05. The highest BCUT2D eigenvalue weighted by Crippen LogP contribution is 2.29. The van der Waals surface area contributed by atoms with Crippen LogP contribution < -0.4 is 19.6 Å². The minimum Gasteiger partial charge on any atom is -0.490 e. The van der Waals surface area contributed by atoms with E-state index in [2.05, 4.69) is 17.0 Å². The second-order valence-electron chi connectivity index (χ2n) is 7.17. The van der Waals surface area contributed by atoms with Crippen LogP contribution in [-0.2, 0) is 0 Å². The van der Waals surface area contributed by atoms with Gasteiger partial charge in [-0.05, 0) is 48.8 Å². The number of ether oxygens (including phenoxy) is 2. The standard InChI is InChI=1S/C25H25N3O3S/c1-3-5-15-31-20-13-11-19(16-21(20)30-4-2)17-22-24(29)28-25(32-22)26-23(27-28)14-12-18-9-7-6-8-10-18/h6-14,16-17H,3-5,15H2,1-2H3. The lowest BCUT2D eigenvalue weighted by Crippen LogP contribution is -2.23. The molecule has 4 aromatic rings. The number of hydrogen-bond donors (Lipinski definition) is 0. The summed E-state index contributed by atoms with van der Waals surface area (Å²) in [7, 11) is 0. The van der Waals surface area contributed by atoms with Gasteiger partial charge < -0.3 is 9.47 Å². The minimum atomic E-state index is -0.182. The zero-order chi connectivity index (χ0) is 22.3. The number of nitrogens with zero attached hydrogens (tertiary/aromatic N) is 3. The molecule has 0 aliphatic carbocycles. The van der Waals surface area contributed by atoms with Gasteiger partial charge >= 0.3 is 0 Å². The van der Waals surface area contributed by atoms with Crippen LogP contribution in [0.25, 0.3) is 23.2 Å². The molecule has 7 heteroatoms. The zero-order valence-corrected chi connectivity index (χ0v) is 19.0. The summed E-state index contributed by atoms with van der Waals surface area (Å²) in [5, 5.41) is 4.34. The molecule has 0 saturated heterocycles. The molecule has 0 atom stereocenters. The molecule has 6 nitrogen and oxygen atoms in total. The molecule has 0 unspecified atom stereocenters. The van der Waals surface area contributed by atoms with Crippen molar-refractivity contribution in [1.82, 2.24) is 14.6 Å². The Morgan fingerprint density at radius 1 is 1.00 bits per heavy atom. The lowest BCUT2D eigenvalue weighted by molar-refractivity contribution is 0.272. The first-order chi connectivity index (χ1) is 15.7. The maximum atomic E-state index is 12.8. The molecule has 2 aromatic carbocycles. The fraction of sp³-hybridized carbons (Fsp3) is 0.240. The third-order valence-corrected chi connectivity index (χ3v) is 5.70. The highest BCUT2D eigenvalue weighted by atomic mass is 32.1. The normalized spacial score (nSPS) is 12.1. The van der Waals surface area contributed by atoms with E-state index in [0.717, 1.165) is 29.7 Å². The Morgan fingerprint density at radius 3 is 2.59 bits per heavy atom. The zero-order valence-electron chi connectivity index (χ0n) is 18.2. The molecule has 0 aliphatic rings. The van der Waals surface area contributed by atoms with E-state index in [1.165, 1.54) is 15.9 Å². The summed E-state index contributed by atoms with van der Waals surface area (Å²) >= 11 is 1.32. The number of hydrogen-bond acceptors (Lipinski definition) is 6. The Hall–Kier alpha value is -3.45. The molecule has 4 rings (SSSR count). The van der Waals surface area contributed by atoms with E-state index in [1.54, 1.807) is 0 Å². The molecule has 0 radical (unpaired) electrons. The van der Waals surface area contributed by atoms with Gasteiger partial charge in [-0.3, -0.25) is 4.79 Å². The van der Waals surface area contributed by atoms with Gasteiger partial charge in [-0.25, -0.2) is 0 Å². The molecule has 2 heterocycles. The van der Waals surface area contributed by atoms with Gasteiger partial charge in [0.05, 0.1) is 17.7 Å². The summed E-state index contributed by atoms with van der Waals surface area (Å²) in [5.74, 6) is 1.91. The van der Waals surface area contributed by atoms with Crippen LogP contribution in [0.5, 0.6) is 11.5 Å².